The van der Waals surface area contributed by atoms with E-state index in [-0.39, 0.29) is 20.9 Å². The summed E-state index contributed by atoms with van der Waals surface area (Å²) in [6.45, 7) is 0. The SMILES string of the molecule is O=C(O)c1nc(Cl)c(Cl)c(N/N=C/c2ccco2)c1Cl. The fourth-order valence-corrected chi connectivity index (χ4v) is 1.95. The number of nitrogens with one attached hydrogen (secondary N) is 1. The van der Waals surface area contributed by atoms with Crippen LogP contribution in [0.2, 0.25) is 15.2 Å². The van der Waals surface area contributed by atoms with E-state index in [1.807, 2.05) is 0 Å². The third kappa shape index (κ3) is 3.04. The van der Waals surface area contributed by atoms with Crippen LogP contribution >= 0.6 is 34.8 Å². The van der Waals surface area contributed by atoms with Gasteiger partial charge in [-0.25, -0.2) is 9.78 Å². The summed E-state index contributed by atoms with van der Waals surface area (Å²) in [5, 5.41) is 12.4. The summed E-state index contributed by atoms with van der Waals surface area (Å²) in [5.41, 5.74) is 2.14. The quantitative estimate of drug-likeness (QED) is 0.505. The predicted molar refractivity (Wildman–Crippen MR) is 76.2 cm³/mol. The molecule has 0 radical (unpaired) electrons. The van der Waals surface area contributed by atoms with Crippen LogP contribution in [0, 0.1) is 0 Å². The van der Waals surface area contributed by atoms with Gasteiger partial charge in [0, 0.05) is 0 Å². The Hall–Kier alpha value is -1.76. The molecule has 0 aliphatic rings. The van der Waals surface area contributed by atoms with Crippen LogP contribution in [0.3, 0.4) is 0 Å². The van der Waals surface area contributed by atoms with Crippen molar-refractivity contribution in [2.45, 2.75) is 0 Å². The van der Waals surface area contributed by atoms with Crippen molar-refractivity contribution >= 4 is 52.7 Å². The van der Waals surface area contributed by atoms with Gasteiger partial charge in [-0.3, -0.25) is 5.43 Å². The molecule has 6 nitrogen and oxygen atoms in total. The largest absolute Gasteiger partial charge is 0.476 e. The zero-order chi connectivity index (χ0) is 14.7. The molecule has 0 amide bonds. The number of carboxylic acid groups (broad SMARTS) is 1. The number of hydrogen-bond donors (Lipinski definition) is 2. The van der Waals surface area contributed by atoms with Gasteiger partial charge in [0.2, 0.25) is 0 Å². The van der Waals surface area contributed by atoms with Crippen LogP contribution < -0.4 is 5.43 Å². The second-order valence-electron chi connectivity index (χ2n) is 3.44. The highest BCUT2D eigenvalue weighted by Crippen LogP contribution is 2.36. The minimum atomic E-state index is -1.33. The lowest BCUT2D eigenvalue weighted by atomic mass is 10.3. The van der Waals surface area contributed by atoms with Gasteiger partial charge in [0.25, 0.3) is 0 Å². The van der Waals surface area contributed by atoms with E-state index in [0.717, 1.165) is 0 Å². The van der Waals surface area contributed by atoms with Crippen LogP contribution in [0.25, 0.3) is 0 Å². The highest BCUT2D eigenvalue weighted by Gasteiger charge is 2.20. The van der Waals surface area contributed by atoms with Crippen LogP contribution in [0.5, 0.6) is 0 Å². The van der Waals surface area contributed by atoms with Crippen LogP contribution in [-0.4, -0.2) is 22.3 Å². The molecule has 0 atom stereocenters. The number of rotatable bonds is 4. The lowest BCUT2D eigenvalue weighted by molar-refractivity contribution is 0.0691. The van der Waals surface area contributed by atoms with Crippen LogP contribution in [-0.2, 0) is 0 Å². The Morgan fingerprint density at radius 2 is 2.15 bits per heavy atom. The van der Waals surface area contributed by atoms with E-state index in [1.54, 1.807) is 12.1 Å². The monoisotopic (exact) mass is 333 g/mol. The van der Waals surface area contributed by atoms with Crippen LogP contribution in [0.15, 0.2) is 27.9 Å². The number of pyridine rings is 1. The van der Waals surface area contributed by atoms with E-state index in [0.29, 0.717) is 5.76 Å². The average molecular weight is 335 g/mol. The van der Waals surface area contributed by atoms with Gasteiger partial charge in [0.15, 0.2) is 10.8 Å². The Morgan fingerprint density at radius 3 is 2.75 bits per heavy atom. The fraction of sp³-hybridized carbons (Fsp3) is 0. The van der Waals surface area contributed by atoms with Crippen molar-refractivity contribution in [3.8, 4) is 0 Å². The Labute approximate surface area is 128 Å². The Bertz CT molecular complexity index is 671. The molecule has 0 unspecified atom stereocenters. The number of halogens is 3. The lowest BCUT2D eigenvalue weighted by Crippen LogP contribution is -2.05. The first-order valence-electron chi connectivity index (χ1n) is 5.11. The fourth-order valence-electron chi connectivity index (χ4n) is 1.28. The maximum Gasteiger partial charge on any atom is 0.356 e. The van der Waals surface area contributed by atoms with Crippen molar-refractivity contribution in [2.75, 3.05) is 5.43 Å². The average Bonchev–Trinajstić information content (AvgIpc) is 2.90. The van der Waals surface area contributed by atoms with Crippen molar-refractivity contribution in [3.05, 3.63) is 45.0 Å². The lowest BCUT2D eigenvalue weighted by Gasteiger charge is -2.09. The molecule has 0 saturated heterocycles. The third-order valence-corrected chi connectivity index (χ3v) is 3.26. The van der Waals surface area contributed by atoms with Gasteiger partial charge in [0.1, 0.15) is 15.8 Å². The van der Waals surface area contributed by atoms with Gasteiger partial charge >= 0.3 is 5.97 Å². The number of hydrazone groups is 1. The maximum atomic E-state index is 11.0. The van der Waals surface area contributed by atoms with E-state index >= 15 is 0 Å². The van der Waals surface area contributed by atoms with Gasteiger partial charge in [-0.1, -0.05) is 34.8 Å². The maximum absolute atomic E-state index is 11.0. The van der Waals surface area contributed by atoms with E-state index in [2.05, 4.69) is 15.5 Å². The van der Waals surface area contributed by atoms with Gasteiger partial charge in [0.05, 0.1) is 18.2 Å². The number of carbonyl (C=O) groups is 1. The van der Waals surface area contributed by atoms with Crippen molar-refractivity contribution < 1.29 is 14.3 Å². The summed E-state index contributed by atoms with van der Waals surface area (Å²) in [4.78, 5) is 14.6. The Morgan fingerprint density at radius 1 is 1.40 bits per heavy atom. The molecule has 0 aliphatic carbocycles. The molecule has 2 aromatic heterocycles. The molecule has 2 N–H and O–H groups in total. The third-order valence-electron chi connectivity index (χ3n) is 2.15. The summed E-state index contributed by atoms with van der Waals surface area (Å²) in [7, 11) is 0. The Balaban J connectivity index is 2.33. The summed E-state index contributed by atoms with van der Waals surface area (Å²) >= 11 is 17.5. The van der Waals surface area contributed by atoms with Crippen molar-refractivity contribution in [2.24, 2.45) is 5.10 Å². The van der Waals surface area contributed by atoms with Crippen LogP contribution in [0.4, 0.5) is 5.69 Å². The van der Waals surface area contributed by atoms with E-state index in [1.165, 1.54) is 12.5 Å². The molecule has 2 rings (SSSR count). The smallest absolute Gasteiger partial charge is 0.356 e. The molecule has 104 valence electrons. The van der Waals surface area contributed by atoms with Gasteiger partial charge in [-0.15, -0.1) is 0 Å². The minimum absolute atomic E-state index is 0.0294. The van der Waals surface area contributed by atoms with E-state index in [4.69, 9.17) is 44.3 Å². The summed E-state index contributed by atoms with van der Waals surface area (Å²) in [6.07, 6.45) is 2.84. The zero-order valence-corrected chi connectivity index (χ0v) is 11.9. The number of furan rings is 1. The van der Waals surface area contributed by atoms with Crippen molar-refractivity contribution in [3.63, 3.8) is 0 Å². The second kappa shape index (κ2) is 6.13. The highest BCUT2D eigenvalue weighted by atomic mass is 35.5. The molecule has 2 aromatic rings. The predicted octanol–water partition coefficient (Wildman–Crippen LogP) is 3.78. The highest BCUT2D eigenvalue weighted by molar-refractivity contribution is 6.46. The minimum Gasteiger partial charge on any atom is -0.476 e. The first-order chi connectivity index (χ1) is 9.50. The van der Waals surface area contributed by atoms with Crippen LogP contribution in [0.1, 0.15) is 16.2 Å². The standard InChI is InChI=1S/C11H6Cl3N3O3/c12-6-8(17-15-4-5-2-1-3-20-5)7(13)10(14)16-9(6)11(18)19/h1-4H,(H,16,17)(H,18,19)/b15-4+. The van der Waals surface area contributed by atoms with Crippen molar-refractivity contribution in [1.29, 1.82) is 0 Å². The first kappa shape index (κ1) is 14.6. The van der Waals surface area contributed by atoms with E-state index in [9.17, 15) is 4.79 Å². The molecule has 0 saturated carbocycles. The molecule has 0 aliphatic heterocycles. The number of nitrogens with zero attached hydrogens (tertiary/aromatic N) is 2. The summed E-state index contributed by atoms with van der Waals surface area (Å²) in [5.74, 6) is -0.838. The Kier molecular flexibility index (Phi) is 4.49. The molecule has 2 heterocycles. The van der Waals surface area contributed by atoms with Gasteiger partial charge < -0.3 is 9.52 Å². The first-order valence-corrected chi connectivity index (χ1v) is 6.24. The number of aromatic nitrogens is 1. The zero-order valence-electron chi connectivity index (χ0n) is 9.60. The van der Waals surface area contributed by atoms with Gasteiger partial charge in [-0.05, 0) is 12.1 Å². The molecular weight excluding hydrogens is 328 g/mol. The van der Waals surface area contributed by atoms with E-state index < -0.39 is 11.7 Å². The molecule has 0 fully saturated rings. The molecule has 0 spiro atoms. The van der Waals surface area contributed by atoms with Crippen molar-refractivity contribution in [1.82, 2.24) is 4.98 Å². The number of aromatic carboxylic acids is 1. The van der Waals surface area contributed by atoms with Gasteiger partial charge in [-0.2, -0.15) is 5.10 Å². The molecule has 0 bridgehead atoms. The number of carboxylic acids is 1. The molecule has 0 aromatic carbocycles. The molecule has 20 heavy (non-hydrogen) atoms. The normalized spacial score (nSPS) is 10.9. The molecule has 9 heteroatoms. The summed E-state index contributed by atoms with van der Waals surface area (Å²) < 4.78 is 5.03. The molecular formula is C11H6Cl3N3O3. The number of hydrogen-bond acceptors (Lipinski definition) is 5. The second-order valence-corrected chi connectivity index (χ2v) is 4.56. The topological polar surface area (TPSA) is 87.7 Å². The number of anilines is 1. The summed E-state index contributed by atoms with van der Waals surface area (Å²) in [6, 6.07) is 3.36.